The standard InChI is InChI=1S/C21H24Cl2N2O4S/c1-14-3-6-20(29-2)19(11-14)24-21(26)16-7-9-25(10-8-16)30(27,28)13-15-4-5-17(22)18(23)12-15/h3-6,11-12,16H,7-10,13H2,1-2H3,(H,24,26). The molecule has 0 spiro atoms. The highest BCUT2D eigenvalue weighted by molar-refractivity contribution is 7.88. The molecule has 1 fully saturated rings. The number of nitrogens with one attached hydrogen (secondary N) is 1. The fourth-order valence-electron chi connectivity index (χ4n) is 3.48. The van der Waals surface area contributed by atoms with Gasteiger partial charge in [0, 0.05) is 19.0 Å². The van der Waals surface area contributed by atoms with Crippen molar-refractivity contribution in [1.82, 2.24) is 4.31 Å². The maximum atomic E-state index is 12.8. The molecule has 0 bridgehead atoms. The minimum absolute atomic E-state index is 0.125. The number of amides is 1. The van der Waals surface area contributed by atoms with Gasteiger partial charge >= 0.3 is 0 Å². The Kier molecular flexibility index (Phi) is 7.29. The number of carbonyl (C=O) groups excluding carboxylic acids is 1. The van der Waals surface area contributed by atoms with Crippen molar-refractivity contribution in [3.63, 3.8) is 0 Å². The maximum absolute atomic E-state index is 12.8. The molecule has 1 aliphatic rings. The molecule has 1 aliphatic heterocycles. The van der Waals surface area contributed by atoms with E-state index < -0.39 is 10.0 Å². The van der Waals surface area contributed by atoms with E-state index >= 15 is 0 Å². The largest absolute Gasteiger partial charge is 0.495 e. The van der Waals surface area contributed by atoms with Crippen LogP contribution < -0.4 is 10.1 Å². The predicted molar refractivity (Wildman–Crippen MR) is 120 cm³/mol. The maximum Gasteiger partial charge on any atom is 0.227 e. The lowest BCUT2D eigenvalue weighted by Crippen LogP contribution is -2.41. The highest BCUT2D eigenvalue weighted by Crippen LogP contribution is 2.29. The molecule has 0 unspecified atom stereocenters. The summed E-state index contributed by atoms with van der Waals surface area (Å²) in [6.45, 7) is 2.53. The van der Waals surface area contributed by atoms with Gasteiger partial charge in [-0.05, 0) is 55.2 Å². The van der Waals surface area contributed by atoms with Gasteiger partial charge in [-0.25, -0.2) is 12.7 Å². The van der Waals surface area contributed by atoms with Crippen LogP contribution in [-0.2, 0) is 20.6 Å². The summed E-state index contributed by atoms with van der Waals surface area (Å²) in [5.41, 5.74) is 2.21. The molecular weight excluding hydrogens is 447 g/mol. The number of aryl methyl sites for hydroxylation is 1. The highest BCUT2D eigenvalue weighted by atomic mass is 35.5. The summed E-state index contributed by atoms with van der Waals surface area (Å²) in [4.78, 5) is 12.7. The lowest BCUT2D eigenvalue weighted by atomic mass is 9.97. The SMILES string of the molecule is COc1ccc(C)cc1NC(=O)C1CCN(S(=O)(=O)Cc2ccc(Cl)c(Cl)c2)CC1. The zero-order chi connectivity index (χ0) is 21.9. The number of hydrogen-bond donors (Lipinski definition) is 1. The van der Waals surface area contributed by atoms with E-state index in [9.17, 15) is 13.2 Å². The summed E-state index contributed by atoms with van der Waals surface area (Å²) in [5, 5.41) is 3.63. The lowest BCUT2D eigenvalue weighted by Gasteiger charge is -2.30. The third-order valence-electron chi connectivity index (χ3n) is 5.16. The van der Waals surface area contributed by atoms with Crippen LogP contribution in [0.3, 0.4) is 0 Å². The van der Waals surface area contributed by atoms with Crippen LogP contribution in [0.2, 0.25) is 10.0 Å². The number of piperidine rings is 1. The number of anilines is 1. The average Bonchev–Trinajstić information content (AvgIpc) is 2.71. The summed E-state index contributed by atoms with van der Waals surface area (Å²) in [6.07, 6.45) is 0.918. The second-order valence-corrected chi connectivity index (χ2v) is 10.2. The quantitative estimate of drug-likeness (QED) is 0.674. The lowest BCUT2D eigenvalue weighted by molar-refractivity contribution is -0.120. The zero-order valence-corrected chi connectivity index (χ0v) is 19.1. The molecule has 1 amide bonds. The topological polar surface area (TPSA) is 75.7 Å². The monoisotopic (exact) mass is 470 g/mol. The van der Waals surface area contributed by atoms with Gasteiger partial charge in [-0.1, -0.05) is 35.3 Å². The van der Waals surface area contributed by atoms with Crippen LogP contribution in [0, 0.1) is 12.8 Å². The molecule has 2 aromatic rings. The molecule has 0 radical (unpaired) electrons. The van der Waals surface area contributed by atoms with Crippen molar-refractivity contribution in [3.8, 4) is 5.75 Å². The van der Waals surface area contributed by atoms with Crippen molar-refractivity contribution in [2.75, 3.05) is 25.5 Å². The Morgan fingerprint density at radius 1 is 1.13 bits per heavy atom. The van der Waals surface area contributed by atoms with E-state index in [2.05, 4.69) is 5.32 Å². The van der Waals surface area contributed by atoms with Crippen LogP contribution in [0.1, 0.15) is 24.0 Å². The number of sulfonamides is 1. The molecule has 162 valence electrons. The van der Waals surface area contributed by atoms with Crippen molar-refractivity contribution in [3.05, 3.63) is 57.6 Å². The number of nitrogens with zero attached hydrogens (tertiary/aromatic N) is 1. The molecule has 0 saturated carbocycles. The Balaban J connectivity index is 1.60. The third-order valence-corrected chi connectivity index (χ3v) is 7.75. The number of rotatable bonds is 6. The second-order valence-electron chi connectivity index (χ2n) is 7.37. The van der Waals surface area contributed by atoms with Crippen LogP contribution in [-0.4, -0.2) is 38.8 Å². The predicted octanol–water partition coefficient (Wildman–Crippen LogP) is 4.49. The summed E-state index contributed by atoms with van der Waals surface area (Å²) in [6, 6.07) is 10.4. The number of ether oxygens (including phenoxy) is 1. The molecule has 0 aliphatic carbocycles. The normalized spacial score (nSPS) is 15.7. The highest BCUT2D eigenvalue weighted by Gasteiger charge is 2.31. The summed E-state index contributed by atoms with van der Waals surface area (Å²) in [5.74, 6) is 0.0593. The van der Waals surface area contributed by atoms with Gasteiger partial charge in [-0.2, -0.15) is 0 Å². The molecule has 1 saturated heterocycles. The van der Waals surface area contributed by atoms with E-state index in [1.807, 2.05) is 25.1 Å². The van der Waals surface area contributed by atoms with Crippen LogP contribution in [0.4, 0.5) is 5.69 Å². The minimum Gasteiger partial charge on any atom is -0.495 e. The van der Waals surface area contributed by atoms with E-state index in [-0.39, 0.29) is 17.6 Å². The Morgan fingerprint density at radius 3 is 2.47 bits per heavy atom. The number of benzene rings is 2. The number of carbonyl (C=O) groups is 1. The molecule has 3 rings (SSSR count). The fraction of sp³-hybridized carbons (Fsp3) is 0.381. The molecule has 6 nitrogen and oxygen atoms in total. The van der Waals surface area contributed by atoms with Crippen molar-refractivity contribution in [2.24, 2.45) is 5.92 Å². The number of halogens is 2. The number of methoxy groups -OCH3 is 1. The Bertz CT molecular complexity index is 1040. The molecule has 1 heterocycles. The zero-order valence-electron chi connectivity index (χ0n) is 16.8. The molecule has 9 heteroatoms. The van der Waals surface area contributed by atoms with Crippen molar-refractivity contribution in [2.45, 2.75) is 25.5 Å². The molecule has 0 aromatic heterocycles. The Labute approximate surface area is 187 Å². The third kappa shape index (κ3) is 5.46. The van der Waals surface area contributed by atoms with Gasteiger partial charge < -0.3 is 10.1 Å². The van der Waals surface area contributed by atoms with Gasteiger partial charge in [-0.3, -0.25) is 4.79 Å². The van der Waals surface area contributed by atoms with Crippen LogP contribution in [0.15, 0.2) is 36.4 Å². The van der Waals surface area contributed by atoms with Crippen molar-refractivity contribution >= 4 is 44.8 Å². The van der Waals surface area contributed by atoms with Gasteiger partial charge in [0.1, 0.15) is 5.75 Å². The second kappa shape index (κ2) is 9.56. The average molecular weight is 471 g/mol. The molecular formula is C21H24Cl2N2O4S. The Morgan fingerprint density at radius 2 is 1.83 bits per heavy atom. The van der Waals surface area contributed by atoms with E-state index in [4.69, 9.17) is 27.9 Å². The van der Waals surface area contributed by atoms with Crippen LogP contribution >= 0.6 is 23.2 Å². The first-order valence-corrected chi connectivity index (χ1v) is 11.9. The smallest absolute Gasteiger partial charge is 0.227 e. The first-order valence-electron chi connectivity index (χ1n) is 9.57. The summed E-state index contributed by atoms with van der Waals surface area (Å²) in [7, 11) is -1.96. The first-order chi connectivity index (χ1) is 14.2. The first kappa shape index (κ1) is 22.9. The minimum atomic E-state index is -3.51. The van der Waals surface area contributed by atoms with Crippen LogP contribution in [0.5, 0.6) is 5.75 Å². The van der Waals surface area contributed by atoms with Gasteiger partial charge in [0.05, 0.1) is 28.6 Å². The molecule has 1 N–H and O–H groups in total. The molecule has 2 aromatic carbocycles. The van der Waals surface area contributed by atoms with Gasteiger partial charge in [0.2, 0.25) is 15.9 Å². The van der Waals surface area contributed by atoms with E-state index in [0.717, 1.165) is 5.56 Å². The number of hydrogen-bond acceptors (Lipinski definition) is 4. The Hall–Kier alpha value is -1.80. The van der Waals surface area contributed by atoms with Gasteiger partial charge in [-0.15, -0.1) is 0 Å². The van der Waals surface area contributed by atoms with Gasteiger partial charge in [0.25, 0.3) is 0 Å². The van der Waals surface area contributed by atoms with Crippen LogP contribution in [0.25, 0.3) is 0 Å². The summed E-state index contributed by atoms with van der Waals surface area (Å²) >= 11 is 11.9. The van der Waals surface area contributed by atoms with Crippen molar-refractivity contribution in [1.29, 1.82) is 0 Å². The van der Waals surface area contributed by atoms with E-state index in [1.54, 1.807) is 25.3 Å². The van der Waals surface area contributed by atoms with E-state index in [0.29, 0.717) is 53.0 Å². The fourth-order valence-corrected chi connectivity index (χ4v) is 5.35. The molecule has 30 heavy (non-hydrogen) atoms. The van der Waals surface area contributed by atoms with E-state index in [1.165, 1.54) is 4.31 Å². The van der Waals surface area contributed by atoms with Crippen molar-refractivity contribution < 1.29 is 17.9 Å². The summed E-state index contributed by atoms with van der Waals surface area (Å²) < 4.78 is 32.3. The van der Waals surface area contributed by atoms with Gasteiger partial charge in [0.15, 0.2) is 0 Å². The molecule has 0 atom stereocenters.